The summed E-state index contributed by atoms with van der Waals surface area (Å²) in [5.74, 6) is 0.0361. The van der Waals surface area contributed by atoms with Crippen LogP contribution in [-0.2, 0) is 22.6 Å². The zero-order valence-corrected chi connectivity index (χ0v) is 21.0. The van der Waals surface area contributed by atoms with E-state index in [4.69, 9.17) is 9.47 Å². The zero-order chi connectivity index (χ0) is 25.8. The number of benzene rings is 3. The van der Waals surface area contributed by atoms with Crippen molar-refractivity contribution >= 4 is 22.8 Å². The molecule has 0 radical (unpaired) electrons. The normalized spacial score (nSPS) is 21.6. The smallest absolute Gasteiger partial charge is 0.319 e. The number of urea groups is 1. The number of fused-ring (bicyclic) bond motifs is 1. The van der Waals surface area contributed by atoms with Crippen molar-refractivity contribution in [1.82, 2.24) is 14.9 Å². The van der Waals surface area contributed by atoms with Crippen molar-refractivity contribution < 1.29 is 19.4 Å². The Labute approximate surface area is 216 Å². The summed E-state index contributed by atoms with van der Waals surface area (Å²) < 4.78 is 15.2. The first kappa shape index (κ1) is 25.0. The number of aliphatic hydroxyl groups is 1. The highest BCUT2D eigenvalue weighted by Crippen LogP contribution is 2.42. The van der Waals surface area contributed by atoms with E-state index < -0.39 is 6.29 Å². The predicted molar refractivity (Wildman–Crippen MR) is 142 cm³/mol. The summed E-state index contributed by atoms with van der Waals surface area (Å²) in [6.07, 6.45) is 0.826. The first-order chi connectivity index (χ1) is 18.1. The Morgan fingerprint density at radius 1 is 1.03 bits per heavy atom. The van der Waals surface area contributed by atoms with Gasteiger partial charge in [-0.2, -0.15) is 0 Å². The summed E-state index contributed by atoms with van der Waals surface area (Å²) in [6.45, 7) is 5.16. The molecule has 4 atom stereocenters. The summed E-state index contributed by atoms with van der Waals surface area (Å²) in [6, 6.07) is 23.2. The lowest BCUT2D eigenvalue weighted by molar-refractivity contribution is -0.276. The Morgan fingerprint density at radius 2 is 1.84 bits per heavy atom. The lowest BCUT2D eigenvalue weighted by Crippen LogP contribution is -2.39. The van der Waals surface area contributed by atoms with Gasteiger partial charge >= 0.3 is 6.03 Å². The van der Waals surface area contributed by atoms with Gasteiger partial charge < -0.3 is 29.8 Å². The SMILES string of the molecule is CCNC(=O)Nc1cccc([C@H]2O[C@@H](Cn3cnc4ccccc43)[C@@H](C)[C@@H](c3ccc(CO)cc3)O2)c1. The number of nitrogens with zero attached hydrogens (tertiary/aromatic N) is 2. The van der Waals surface area contributed by atoms with Gasteiger partial charge in [-0.05, 0) is 42.3 Å². The Bertz CT molecular complexity index is 1350. The minimum Gasteiger partial charge on any atom is -0.392 e. The maximum Gasteiger partial charge on any atom is 0.319 e. The van der Waals surface area contributed by atoms with Crippen LogP contribution in [0.2, 0.25) is 0 Å². The maximum absolute atomic E-state index is 12.1. The van der Waals surface area contributed by atoms with Gasteiger partial charge in [0.15, 0.2) is 6.29 Å². The van der Waals surface area contributed by atoms with Crippen LogP contribution in [0.3, 0.4) is 0 Å². The average Bonchev–Trinajstić information content (AvgIpc) is 3.33. The topological polar surface area (TPSA) is 97.6 Å². The molecule has 2 heterocycles. The fourth-order valence-corrected chi connectivity index (χ4v) is 4.78. The van der Waals surface area contributed by atoms with Gasteiger partial charge in [0.1, 0.15) is 0 Å². The van der Waals surface area contributed by atoms with E-state index in [1.807, 2.05) is 80.0 Å². The Balaban J connectivity index is 1.45. The van der Waals surface area contributed by atoms with Crippen LogP contribution in [0.25, 0.3) is 11.0 Å². The molecule has 5 rings (SSSR count). The quantitative estimate of drug-likeness (QED) is 0.326. The molecule has 3 N–H and O–H groups in total. The standard InChI is InChI=1S/C29H32N4O4/c1-3-30-29(35)32-23-8-6-7-22(15-23)28-36-26(16-33-18-31-24-9-4-5-10-25(24)33)19(2)27(37-28)21-13-11-20(17-34)12-14-21/h4-15,18-19,26-28,34H,3,16-17H2,1-2H3,(H2,30,32,35)/t19-,26+,27+,28+/m1/s1. The Hall–Kier alpha value is -3.72. The molecule has 0 saturated carbocycles. The van der Waals surface area contributed by atoms with Crippen LogP contribution in [-0.4, -0.2) is 33.3 Å². The van der Waals surface area contributed by atoms with Gasteiger partial charge in [0.05, 0.1) is 42.7 Å². The van der Waals surface area contributed by atoms with E-state index in [1.54, 1.807) is 0 Å². The summed E-state index contributed by atoms with van der Waals surface area (Å²) in [5, 5.41) is 15.1. The molecule has 0 spiro atoms. The molecular formula is C29H32N4O4. The second kappa shape index (κ2) is 11.1. The van der Waals surface area contributed by atoms with Gasteiger partial charge in [-0.15, -0.1) is 0 Å². The van der Waals surface area contributed by atoms with Crippen LogP contribution >= 0.6 is 0 Å². The number of amides is 2. The van der Waals surface area contributed by atoms with Crippen LogP contribution in [0.4, 0.5) is 10.5 Å². The van der Waals surface area contributed by atoms with Crippen molar-refractivity contribution in [2.45, 2.75) is 45.5 Å². The average molecular weight is 501 g/mol. The van der Waals surface area contributed by atoms with Crippen molar-refractivity contribution in [2.75, 3.05) is 11.9 Å². The highest BCUT2D eigenvalue weighted by molar-refractivity contribution is 5.89. The molecule has 8 heteroatoms. The monoisotopic (exact) mass is 500 g/mol. The molecule has 1 aliphatic rings. The van der Waals surface area contributed by atoms with Crippen molar-refractivity contribution in [3.8, 4) is 0 Å². The fourth-order valence-electron chi connectivity index (χ4n) is 4.78. The van der Waals surface area contributed by atoms with Crippen molar-refractivity contribution in [1.29, 1.82) is 0 Å². The molecule has 1 fully saturated rings. The molecule has 2 amide bonds. The molecule has 37 heavy (non-hydrogen) atoms. The van der Waals surface area contributed by atoms with Crippen molar-refractivity contribution in [2.24, 2.45) is 5.92 Å². The molecule has 8 nitrogen and oxygen atoms in total. The molecule has 0 aliphatic carbocycles. The van der Waals surface area contributed by atoms with Crippen LogP contribution in [0.1, 0.15) is 42.9 Å². The van der Waals surface area contributed by atoms with Gasteiger partial charge in [0.25, 0.3) is 0 Å². The van der Waals surface area contributed by atoms with Crippen LogP contribution in [0.5, 0.6) is 0 Å². The molecule has 1 aliphatic heterocycles. The summed E-state index contributed by atoms with van der Waals surface area (Å²) >= 11 is 0. The minimum atomic E-state index is -0.630. The predicted octanol–water partition coefficient (Wildman–Crippen LogP) is 5.16. The number of imidazole rings is 1. The van der Waals surface area contributed by atoms with E-state index in [0.29, 0.717) is 18.8 Å². The number of para-hydroxylation sites is 2. The Morgan fingerprint density at radius 3 is 2.62 bits per heavy atom. The third-order valence-corrected chi connectivity index (χ3v) is 6.78. The molecule has 0 bridgehead atoms. The number of anilines is 1. The number of carbonyl (C=O) groups excluding carboxylic acids is 1. The van der Waals surface area contributed by atoms with Crippen molar-refractivity contribution in [3.05, 3.63) is 95.8 Å². The maximum atomic E-state index is 12.1. The third-order valence-electron chi connectivity index (χ3n) is 6.78. The van der Waals surface area contributed by atoms with Crippen LogP contribution in [0, 0.1) is 5.92 Å². The van der Waals surface area contributed by atoms with E-state index in [1.165, 1.54) is 0 Å². The van der Waals surface area contributed by atoms with Gasteiger partial charge in [0.2, 0.25) is 0 Å². The number of carbonyl (C=O) groups is 1. The van der Waals surface area contributed by atoms with Gasteiger partial charge in [-0.1, -0.05) is 55.5 Å². The largest absolute Gasteiger partial charge is 0.392 e. The Kier molecular flexibility index (Phi) is 7.50. The van der Waals surface area contributed by atoms with Crippen molar-refractivity contribution in [3.63, 3.8) is 0 Å². The zero-order valence-electron chi connectivity index (χ0n) is 21.0. The van der Waals surface area contributed by atoms with Gasteiger partial charge in [-0.25, -0.2) is 9.78 Å². The molecule has 1 saturated heterocycles. The number of hydrogen-bond donors (Lipinski definition) is 3. The molecule has 192 valence electrons. The van der Waals surface area contributed by atoms with E-state index in [0.717, 1.165) is 27.7 Å². The molecular weight excluding hydrogens is 468 g/mol. The molecule has 4 aromatic rings. The number of aliphatic hydroxyl groups excluding tert-OH is 1. The molecule has 0 unspecified atom stereocenters. The summed E-state index contributed by atoms with van der Waals surface area (Å²) in [5.41, 5.74) is 5.35. The lowest BCUT2D eigenvalue weighted by Gasteiger charge is -2.41. The highest BCUT2D eigenvalue weighted by Gasteiger charge is 2.38. The summed E-state index contributed by atoms with van der Waals surface area (Å²) in [4.78, 5) is 16.6. The fraction of sp³-hybridized carbons (Fsp3) is 0.310. The van der Waals surface area contributed by atoms with Crippen LogP contribution < -0.4 is 10.6 Å². The number of nitrogens with one attached hydrogen (secondary N) is 2. The number of rotatable bonds is 7. The van der Waals surface area contributed by atoms with Crippen LogP contribution in [0.15, 0.2) is 79.1 Å². The number of aromatic nitrogens is 2. The summed E-state index contributed by atoms with van der Waals surface area (Å²) in [7, 11) is 0. The molecule has 3 aromatic carbocycles. The highest BCUT2D eigenvalue weighted by atomic mass is 16.7. The molecule has 1 aromatic heterocycles. The minimum absolute atomic E-state index is 0.00514. The van der Waals surface area contributed by atoms with E-state index in [2.05, 4.69) is 33.2 Å². The van der Waals surface area contributed by atoms with Gasteiger partial charge in [-0.3, -0.25) is 0 Å². The first-order valence-corrected chi connectivity index (χ1v) is 12.6. The lowest BCUT2D eigenvalue weighted by atomic mass is 9.90. The van der Waals surface area contributed by atoms with E-state index >= 15 is 0 Å². The first-order valence-electron chi connectivity index (χ1n) is 12.6. The number of hydrogen-bond acceptors (Lipinski definition) is 5. The van der Waals surface area contributed by atoms with Gasteiger partial charge in [0, 0.05) is 23.7 Å². The number of ether oxygens (including phenoxy) is 2. The third kappa shape index (κ3) is 5.51. The van der Waals surface area contributed by atoms with E-state index in [9.17, 15) is 9.90 Å². The second-order valence-corrected chi connectivity index (χ2v) is 9.32. The second-order valence-electron chi connectivity index (χ2n) is 9.32. The van der Waals surface area contributed by atoms with E-state index in [-0.39, 0.29) is 30.8 Å².